The number of benzene rings is 1. The first-order chi connectivity index (χ1) is 10.1. The Balaban J connectivity index is 2.15. The number of piperazine rings is 1. The van der Waals surface area contributed by atoms with Gasteiger partial charge in [0.05, 0.1) is 6.10 Å². The zero-order chi connectivity index (χ0) is 15.2. The summed E-state index contributed by atoms with van der Waals surface area (Å²) in [4.78, 5) is 2.63. The molecule has 1 fully saturated rings. The molecule has 1 aromatic carbocycles. The largest absolute Gasteiger partial charge is 0.491 e. The molecule has 0 aromatic heterocycles. The van der Waals surface area contributed by atoms with Crippen molar-refractivity contribution in [2.75, 3.05) is 26.2 Å². The Hall–Kier alpha value is -1.06. The van der Waals surface area contributed by atoms with Gasteiger partial charge in [-0.3, -0.25) is 4.90 Å². The van der Waals surface area contributed by atoms with E-state index in [4.69, 9.17) is 4.74 Å². The van der Waals surface area contributed by atoms with Crippen LogP contribution in [-0.2, 0) is 0 Å². The molecule has 0 aliphatic carbocycles. The van der Waals surface area contributed by atoms with Gasteiger partial charge in [-0.05, 0) is 37.5 Å². The molecule has 1 aliphatic heterocycles. The second-order valence-electron chi connectivity index (χ2n) is 6.35. The Bertz CT molecular complexity index is 410. The van der Waals surface area contributed by atoms with Gasteiger partial charge in [0.1, 0.15) is 5.75 Å². The highest BCUT2D eigenvalue weighted by Crippen LogP contribution is 2.32. The monoisotopic (exact) mass is 290 g/mol. The van der Waals surface area contributed by atoms with Crippen molar-refractivity contribution in [3.63, 3.8) is 0 Å². The highest BCUT2D eigenvalue weighted by molar-refractivity contribution is 5.30. The summed E-state index contributed by atoms with van der Waals surface area (Å²) in [6.45, 7) is 13.3. The molecule has 1 saturated heterocycles. The third kappa shape index (κ3) is 4.45. The zero-order valence-corrected chi connectivity index (χ0v) is 13.9. The van der Waals surface area contributed by atoms with E-state index in [2.05, 4.69) is 62.2 Å². The fraction of sp³-hybridized carbons (Fsp3) is 0.667. The molecule has 2 rings (SSSR count). The van der Waals surface area contributed by atoms with Gasteiger partial charge >= 0.3 is 0 Å². The fourth-order valence-electron chi connectivity index (χ4n) is 3.10. The molecule has 0 spiro atoms. The van der Waals surface area contributed by atoms with Crippen molar-refractivity contribution in [3.8, 4) is 5.75 Å². The summed E-state index contributed by atoms with van der Waals surface area (Å²) in [5, 5.41) is 3.45. The van der Waals surface area contributed by atoms with Crippen LogP contribution in [0, 0.1) is 5.92 Å². The van der Waals surface area contributed by atoms with Crippen LogP contribution in [-0.4, -0.2) is 37.2 Å². The van der Waals surface area contributed by atoms with Gasteiger partial charge in [0.15, 0.2) is 0 Å². The highest BCUT2D eigenvalue weighted by Gasteiger charge is 2.26. The van der Waals surface area contributed by atoms with E-state index in [1.807, 2.05) is 0 Å². The fourth-order valence-corrected chi connectivity index (χ4v) is 3.10. The van der Waals surface area contributed by atoms with Crippen molar-refractivity contribution >= 4 is 0 Å². The minimum atomic E-state index is 0.231. The number of rotatable bonds is 6. The minimum Gasteiger partial charge on any atom is -0.491 e. The van der Waals surface area contributed by atoms with Crippen LogP contribution in [0.3, 0.4) is 0 Å². The predicted molar refractivity (Wildman–Crippen MR) is 88.8 cm³/mol. The molecule has 0 radical (unpaired) electrons. The third-order valence-corrected chi connectivity index (χ3v) is 4.32. The van der Waals surface area contributed by atoms with Crippen molar-refractivity contribution < 1.29 is 4.74 Å². The summed E-state index contributed by atoms with van der Waals surface area (Å²) in [7, 11) is 0. The van der Waals surface area contributed by atoms with Crippen molar-refractivity contribution in [2.24, 2.45) is 5.92 Å². The van der Waals surface area contributed by atoms with E-state index in [0.29, 0.717) is 12.0 Å². The molecule has 1 N–H and O–H groups in total. The smallest absolute Gasteiger partial charge is 0.119 e. The van der Waals surface area contributed by atoms with Gasteiger partial charge < -0.3 is 10.1 Å². The summed E-state index contributed by atoms with van der Waals surface area (Å²) in [5.74, 6) is 1.64. The quantitative estimate of drug-likeness (QED) is 0.868. The van der Waals surface area contributed by atoms with Crippen LogP contribution in [0.1, 0.15) is 45.7 Å². The lowest BCUT2D eigenvalue weighted by atomic mass is 9.90. The molecule has 3 heteroatoms. The van der Waals surface area contributed by atoms with Gasteiger partial charge in [0.25, 0.3) is 0 Å². The predicted octanol–water partition coefficient (Wildman–Crippen LogP) is 3.47. The maximum absolute atomic E-state index is 5.76. The van der Waals surface area contributed by atoms with E-state index in [1.165, 1.54) is 12.0 Å². The lowest BCUT2D eigenvalue weighted by Crippen LogP contribution is -2.46. The Kier molecular flexibility index (Phi) is 6.07. The molecular formula is C18H30N2O. The van der Waals surface area contributed by atoms with E-state index >= 15 is 0 Å². The van der Waals surface area contributed by atoms with Crippen LogP contribution >= 0.6 is 0 Å². The number of nitrogens with zero attached hydrogens (tertiary/aromatic N) is 1. The average Bonchev–Trinajstić information content (AvgIpc) is 2.49. The topological polar surface area (TPSA) is 24.5 Å². The van der Waals surface area contributed by atoms with Crippen molar-refractivity contribution in [1.29, 1.82) is 0 Å². The Labute approximate surface area is 129 Å². The summed E-state index contributed by atoms with van der Waals surface area (Å²) in [5.41, 5.74) is 1.42. The first-order valence-electron chi connectivity index (χ1n) is 8.33. The molecule has 0 amide bonds. The zero-order valence-electron chi connectivity index (χ0n) is 13.9. The normalized spacial score (nSPS) is 19.5. The van der Waals surface area contributed by atoms with E-state index in [0.717, 1.165) is 31.9 Å². The second kappa shape index (κ2) is 7.81. The van der Waals surface area contributed by atoms with E-state index < -0.39 is 0 Å². The molecule has 0 saturated carbocycles. The standard InChI is InChI=1S/C18H30N2O/c1-5-15(4)18(20-12-10-19-11-13-20)16-6-8-17(9-7-16)21-14(2)3/h6-9,14-15,18-19H,5,10-13H2,1-4H3/t15?,18-/m1/s1. The number of nitrogens with one attached hydrogen (secondary N) is 1. The minimum absolute atomic E-state index is 0.231. The first-order valence-corrected chi connectivity index (χ1v) is 8.33. The summed E-state index contributed by atoms with van der Waals surface area (Å²) < 4.78 is 5.76. The van der Waals surface area contributed by atoms with E-state index in [-0.39, 0.29) is 6.10 Å². The molecule has 1 unspecified atom stereocenters. The summed E-state index contributed by atoms with van der Waals surface area (Å²) in [6, 6.07) is 9.25. The van der Waals surface area contributed by atoms with Gasteiger partial charge in [0, 0.05) is 32.2 Å². The van der Waals surface area contributed by atoms with Crippen LogP contribution in [0.4, 0.5) is 0 Å². The van der Waals surface area contributed by atoms with Crippen molar-refractivity contribution in [1.82, 2.24) is 10.2 Å². The average molecular weight is 290 g/mol. The van der Waals surface area contributed by atoms with Gasteiger partial charge in [-0.1, -0.05) is 32.4 Å². The van der Waals surface area contributed by atoms with Gasteiger partial charge in [-0.15, -0.1) is 0 Å². The van der Waals surface area contributed by atoms with Crippen molar-refractivity contribution in [2.45, 2.75) is 46.3 Å². The maximum atomic E-state index is 5.76. The number of ether oxygens (including phenoxy) is 1. The lowest BCUT2D eigenvalue weighted by molar-refractivity contribution is 0.128. The van der Waals surface area contributed by atoms with E-state index in [1.54, 1.807) is 0 Å². The summed E-state index contributed by atoms with van der Waals surface area (Å²) >= 11 is 0. The van der Waals surface area contributed by atoms with Gasteiger partial charge in [-0.2, -0.15) is 0 Å². The Morgan fingerprint density at radius 3 is 2.24 bits per heavy atom. The molecule has 2 atom stereocenters. The Morgan fingerprint density at radius 1 is 1.10 bits per heavy atom. The number of hydrogen-bond acceptors (Lipinski definition) is 3. The molecule has 0 bridgehead atoms. The van der Waals surface area contributed by atoms with E-state index in [9.17, 15) is 0 Å². The van der Waals surface area contributed by atoms with Crippen LogP contribution in [0.15, 0.2) is 24.3 Å². The first kappa shape index (κ1) is 16.3. The SMILES string of the molecule is CCC(C)[C@H](c1ccc(OC(C)C)cc1)N1CCNCC1. The molecule has 3 nitrogen and oxygen atoms in total. The molecule has 1 aliphatic rings. The van der Waals surface area contributed by atoms with Crippen LogP contribution < -0.4 is 10.1 Å². The Morgan fingerprint density at radius 2 is 1.71 bits per heavy atom. The lowest BCUT2D eigenvalue weighted by Gasteiger charge is -2.38. The van der Waals surface area contributed by atoms with Crippen molar-refractivity contribution in [3.05, 3.63) is 29.8 Å². The van der Waals surface area contributed by atoms with Crippen LogP contribution in [0.2, 0.25) is 0 Å². The molecule has 1 heterocycles. The molecule has 21 heavy (non-hydrogen) atoms. The highest BCUT2D eigenvalue weighted by atomic mass is 16.5. The number of hydrogen-bond donors (Lipinski definition) is 1. The van der Waals surface area contributed by atoms with Gasteiger partial charge in [0.2, 0.25) is 0 Å². The van der Waals surface area contributed by atoms with Crippen LogP contribution in [0.5, 0.6) is 5.75 Å². The second-order valence-corrected chi connectivity index (χ2v) is 6.35. The molecule has 118 valence electrons. The molecule has 1 aromatic rings. The summed E-state index contributed by atoms with van der Waals surface area (Å²) in [6.07, 6.45) is 1.44. The molecular weight excluding hydrogens is 260 g/mol. The maximum Gasteiger partial charge on any atom is 0.119 e. The third-order valence-electron chi connectivity index (χ3n) is 4.32. The van der Waals surface area contributed by atoms with Gasteiger partial charge in [-0.25, -0.2) is 0 Å². The van der Waals surface area contributed by atoms with Crippen LogP contribution in [0.25, 0.3) is 0 Å².